The third-order valence-electron chi connectivity index (χ3n) is 4.36. The largest absolute Gasteiger partial charge is 0.305 e. The molecule has 2 aromatic rings. The zero-order chi connectivity index (χ0) is 16.7. The summed E-state index contributed by atoms with van der Waals surface area (Å²) in [6, 6.07) is 20.6. The van der Waals surface area contributed by atoms with Crippen LogP contribution in [0.15, 0.2) is 71.7 Å². The van der Waals surface area contributed by atoms with Crippen molar-refractivity contribution >= 4 is 39.8 Å². The van der Waals surface area contributed by atoms with E-state index in [4.69, 9.17) is 0 Å². The van der Waals surface area contributed by atoms with Gasteiger partial charge in [0.15, 0.2) is 8.07 Å². The Morgan fingerprint density at radius 1 is 0.913 bits per heavy atom. The second-order valence-corrected chi connectivity index (χ2v) is 11.1. The lowest BCUT2D eigenvalue weighted by Gasteiger charge is -2.27. The summed E-state index contributed by atoms with van der Waals surface area (Å²) >= 11 is 3.38. The first-order valence-electron chi connectivity index (χ1n) is 8.03. The van der Waals surface area contributed by atoms with Gasteiger partial charge in [0.2, 0.25) is 0 Å². The molecular formula is C20H23BrOSi. The number of hydrogen-bond acceptors (Lipinski definition) is 1. The van der Waals surface area contributed by atoms with E-state index in [1.807, 2.05) is 36.4 Å². The number of carbonyl (C=O) groups excluding carboxylic acids is 1. The number of hydrogen-bond donors (Lipinski definition) is 0. The topological polar surface area (TPSA) is 17.1 Å². The molecule has 1 nitrogen and oxygen atoms in total. The maximum absolute atomic E-state index is 13.1. The summed E-state index contributed by atoms with van der Waals surface area (Å²) in [7, 11) is -2.36. The number of allylic oxidation sites excluding steroid dienone is 1. The molecule has 0 aliphatic rings. The minimum atomic E-state index is -2.36. The molecule has 0 bridgehead atoms. The third-order valence-corrected chi connectivity index (χ3v) is 9.10. The van der Waals surface area contributed by atoms with E-state index in [-0.39, 0.29) is 0 Å². The quantitative estimate of drug-likeness (QED) is 0.483. The Bertz CT molecular complexity index is 612. The van der Waals surface area contributed by atoms with E-state index in [0.717, 1.165) is 23.7 Å². The van der Waals surface area contributed by atoms with Gasteiger partial charge < -0.3 is 4.79 Å². The van der Waals surface area contributed by atoms with Crippen LogP contribution in [-0.2, 0) is 4.79 Å². The van der Waals surface area contributed by atoms with Crippen molar-refractivity contribution in [1.82, 2.24) is 0 Å². The minimum Gasteiger partial charge on any atom is -0.305 e. The number of halogens is 1. The molecule has 0 aliphatic heterocycles. The van der Waals surface area contributed by atoms with Crippen LogP contribution in [0.5, 0.6) is 0 Å². The average Bonchev–Trinajstić information content (AvgIpc) is 2.59. The lowest BCUT2D eigenvalue weighted by Crippen LogP contribution is -2.62. The van der Waals surface area contributed by atoms with Gasteiger partial charge in [0, 0.05) is 6.42 Å². The molecule has 0 amide bonds. The fourth-order valence-corrected chi connectivity index (χ4v) is 6.54. The van der Waals surface area contributed by atoms with Gasteiger partial charge in [0.1, 0.15) is 5.41 Å². The second kappa shape index (κ2) is 8.41. The van der Waals surface area contributed by atoms with E-state index in [1.165, 1.54) is 10.4 Å². The van der Waals surface area contributed by atoms with Crippen LogP contribution >= 0.6 is 15.9 Å². The van der Waals surface area contributed by atoms with Crippen molar-refractivity contribution in [3.8, 4) is 0 Å². The SMILES string of the molecule is C=C(Br)CCCCC(=O)[Si](C)(c1ccccc1)c1ccccc1. The highest BCUT2D eigenvalue weighted by atomic mass is 79.9. The summed E-state index contributed by atoms with van der Waals surface area (Å²) in [5.74, 6) is 0. The number of rotatable bonds is 8. The van der Waals surface area contributed by atoms with Crippen LogP contribution in [-0.4, -0.2) is 13.5 Å². The van der Waals surface area contributed by atoms with Crippen molar-refractivity contribution in [2.45, 2.75) is 32.2 Å². The first kappa shape index (κ1) is 17.9. The van der Waals surface area contributed by atoms with E-state index in [0.29, 0.717) is 11.8 Å². The predicted molar refractivity (Wildman–Crippen MR) is 105 cm³/mol. The summed E-state index contributed by atoms with van der Waals surface area (Å²) in [5.41, 5.74) is 0. The molecule has 23 heavy (non-hydrogen) atoms. The molecule has 2 rings (SSSR count). The van der Waals surface area contributed by atoms with Crippen LogP contribution in [0.3, 0.4) is 0 Å². The molecule has 0 fully saturated rings. The van der Waals surface area contributed by atoms with E-state index < -0.39 is 8.07 Å². The molecule has 0 aromatic heterocycles. The van der Waals surface area contributed by atoms with Crippen LogP contribution in [0.25, 0.3) is 0 Å². The molecule has 2 aromatic carbocycles. The fraction of sp³-hybridized carbons (Fsp3) is 0.250. The van der Waals surface area contributed by atoms with E-state index in [1.54, 1.807) is 0 Å². The second-order valence-electron chi connectivity index (χ2n) is 6.00. The highest BCUT2D eigenvalue weighted by Crippen LogP contribution is 2.15. The van der Waals surface area contributed by atoms with Crippen LogP contribution in [0.4, 0.5) is 0 Å². The van der Waals surface area contributed by atoms with Crippen molar-refractivity contribution in [2.75, 3.05) is 0 Å². The van der Waals surface area contributed by atoms with Gasteiger partial charge in [0.05, 0.1) is 0 Å². The van der Waals surface area contributed by atoms with Crippen molar-refractivity contribution in [3.63, 3.8) is 0 Å². The molecule has 0 saturated heterocycles. The van der Waals surface area contributed by atoms with Crippen LogP contribution < -0.4 is 10.4 Å². The monoisotopic (exact) mass is 386 g/mol. The van der Waals surface area contributed by atoms with Gasteiger partial charge in [-0.2, -0.15) is 0 Å². The van der Waals surface area contributed by atoms with Crippen LogP contribution in [0.2, 0.25) is 6.55 Å². The smallest absolute Gasteiger partial charge is 0.190 e. The Hall–Kier alpha value is -1.45. The van der Waals surface area contributed by atoms with Gasteiger partial charge in [-0.3, -0.25) is 0 Å². The standard InChI is InChI=1S/C20H23BrOSi/c1-17(21)11-9-10-16-20(22)23(2,18-12-5-3-6-13-18)19-14-7-4-8-15-19/h3-8,12-15H,1,9-11,16H2,2H3. The summed E-state index contributed by atoms with van der Waals surface area (Å²) in [6.45, 7) is 6.04. The molecular weight excluding hydrogens is 364 g/mol. The zero-order valence-electron chi connectivity index (χ0n) is 13.6. The van der Waals surface area contributed by atoms with E-state index in [2.05, 4.69) is 53.3 Å². The third kappa shape index (κ3) is 4.52. The molecule has 0 unspecified atom stereocenters. The summed E-state index contributed by atoms with van der Waals surface area (Å²) in [4.78, 5) is 13.1. The van der Waals surface area contributed by atoms with Gasteiger partial charge in [0.25, 0.3) is 0 Å². The molecule has 0 spiro atoms. The number of benzene rings is 2. The van der Waals surface area contributed by atoms with E-state index >= 15 is 0 Å². The molecule has 0 atom stereocenters. The van der Waals surface area contributed by atoms with Gasteiger partial charge in [-0.05, 0) is 34.1 Å². The predicted octanol–water partition coefficient (Wildman–Crippen LogP) is 4.46. The normalized spacial score (nSPS) is 11.2. The maximum Gasteiger partial charge on any atom is 0.190 e. The van der Waals surface area contributed by atoms with Crippen molar-refractivity contribution in [1.29, 1.82) is 0 Å². The molecule has 0 saturated carbocycles. The van der Waals surface area contributed by atoms with Gasteiger partial charge in [-0.1, -0.05) is 89.7 Å². The van der Waals surface area contributed by atoms with E-state index in [9.17, 15) is 4.79 Å². The Morgan fingerprint density at radius 2 is 1.35 bits per heavy atom. The summed E-state index contributed by atoms with van der Waals surface area (Å²) in [5, 5.41) is 2.80. The van der Waals surface area contributed by atoms with Crippen molar-refractivity contribution in [3.05, 3.63) is 71.7 Å². The number of carbonyl (C=O) groups is 1. The van der Waals surface area contributed by atoms with Crippen LogP contribution in [0, 0.1) is 0 Å². The molecule has 0 N–H and O–H groups in total. The molecule has 0 radical (unpaired) electrons. The minimum absolute atomic E-state index is 0.412. The fourth-order valence-electron chi connectivity index (χ4n) is 2.88. The Kier molecular flexibility index (Phi) is 6.55. The Morgan fingerprint density at radius 3 is 1.78 bits per heavy atom. The lowest BCUT2D eigenvalue weighted by atomic mass is 10.2. The highest BCUT2D eigenvalue weighted by molar-refractivity contribution is 9.11. The molecule has 0 heterocycles. The Balaban J connectivity index is 2.24. The number of unbranched alkanes of at least 4 members (excludes halogenated alkanes) is 1. The molecule has 0 aliphatic carbocycles. The van der Waals surface area contributed by atoms with Gasteiger partial charge in [-0.15, -0.1) is 0 Å². The van der Waals surface area contributed by atoms with Gasteiger partial charge in [-0.25, -0.2) is 0 Å². The van der Waals surface area contributed by atoms with Crippen molar-refractivity contribution < 1.29 is 4.79 Å². The zero-order valence-corrected chi connectivity index (χ0v) is 16.2. The first-order chi connectivity index (χ1) is 11.0. The Labute approximate surface area is 148 Å². The summed E-state index contributed by atoms with van der Waals surface area (Å²) < 4.78 is 1.01. The van der Waals surface area contributed by atoms with Crippen LogP contribution in [0.1, 0.15) is 25.7 Å². The highest BCUT2D eigenvalue weighted by Gasteiger charge is 2.38. The lowest BCUT2D eigenvalue weighted by molar-refractivity contribution is -0.112. The maximum atomic E-state index is 13.1. The first-order valence-corrected chi connectivity index (χ1v) is 11.3. The summed E-state index contributed by atoms with van der Waals surface area (Å²) in [6.07, 6.45) is 3.50. The average molecular weight is 387 g/mol. The van der Waals surface area contributed by atoms with Crippen molar-refractivity contribution in [2.24, 2.45) is 0 Å². The molecule has 120 valence electrons. The van der Waals surface area contributed by atoms with Gasteiger partial charge >= 0.3 is 0 Å². The molecule has 3 heteroatoms.